The number of ether oxygens (including phenoxy) is 1. The highest BCUT2D eigenvalue weighted by Crippen LogP contribution is 2.43. The Kier molecular flexibility index (Phi) is 6.07. The number of carbonyl (C=O) groups excluding carboxylic acids is 1. The number of carbonyl (C=O) groups is 1. The molecule has 1 aliphatic carbocycles. The van der Waals surface area contributed by atoms with Crippen molar-refractivity contribution in [2.75, 3.05) is 6.61 Å². The van der Waals surface area contributed by atoms with Gasteiger partial charge in [-0.05, 0) is 98.9 Å². The van der Waals surface area contributed by atoms with E-state index in [1.54, 1.807) is 12.1 Å². The van der Waals surface area contributed by atoms with Crippen LogP contribution in [0.3, 0.4) is 0 Å². The first kappa shape index (κ1) is 22.5. The van der Waals surface area contributed by atoms with Gasteiger partial charge in [0, 0.05) is 17.5 Å². The zero-order valence-electron chi connectivity index (χ0n) is 19.9. The van der Waals surface area contributed by atoms with Crippen molar-refractivity contribution in [2.24, 2.45) is 5.92 Å². The average molecular weight is 460 g/mol. The molecule has 4 aromatic rings. The number of nitrogens with one attached hydrogen (secondary N) is 1. The van der Waals surface area contributed by atoms with Crippen molar-refractivity contribution in [2.45, 2.75) is 58.3 Å². The Balaban J connectivity index is 1.33. The number of fused-ring (bicyclic) bond motifs is 2. The molecule has 1 aliphatic rings. The minimum Gasteiger partial charge on any atom is -0.462 e. The molecule has 1 saturated carbocycles. The van der Waals surface area contributed by atoms with E-state index in [-0.39, 0.29) is 17.7 Å². The van der Waals surface area contributed by atoms with Crippen molar-refractivity contribution < 1.29 is 13.9 Å². The van der Waals surface area contributed by atoms with Crippen LogP contribution in [0.2, 0.25) is 0 Å². The van der Waals surface area contributed by atoms with Crippen LogP contribution in [0.5, 0.6) is 0 Å². The molecular weight excluding hydrogens is 429 g/mol. The van der Waals surface area contributed by atoms with Crippen LogP contribution in [-0.2, 0) is 4.74 Å². The van der Waals surface area contributed by atoms with Crippen molar-refractivity contribution in [1.29, 1.82) is 0 Å². The van der Waals surface area contributed by atoms with Crippen LogP contribution in [0.25, 0.3) is 21.9 Å². The van der Waals surface area contributed by atoms with Gasteiger partial charge in [-0.1, -0.05) is 6.92 Å². The molecule has 0 radical (unpaired) electrons. The molecule has 1 fully saturated rings. The van der Waals surface area contributed by atoms with Gasteiger partial charge in [-0.3, -0.25) is 4.98 Å². The first-order chi connectivity index (χ1) is 16.4. The molecule has 0 spiro atoms. The number of imidazole rings is 1. The number of H-pyrrole nitrogens is 1. The van der Waals surface area contributed by atoms with E-state index in [4.69, 9.17) is 9.72 Å². The van der Waals surface area contributed by atoms with Crippen molar-refractivity contribution in [3.05, 3.63) is 70.9 Å². The maximum absolute atomic E-state index is 13.9. The van der Waals surface area contributed by atoms with Gasteiger partial charge in [-0.25, -0.2) is 14.2 Å². The minimum atomic E-state index is -0.304. The van der Waals surface area contributed by atoms with Gasteiger partial charge in [0.15, 0.2) is 0 Å². The van der Waals surface area contributed by atoms with E-state index in [1.165, 1.54) is 11.6 Å². The van der Waals surface area contributed by atoms with Gasteiger partial charge in [0.05, 0.1) is 28.7 Å². The maximum atomic E-state index is 13.9. The van der Waals surface area contributed by atoms with Crippen LogP contribution in [0, 0.1) is 18.7 Å². The second-order valence-electron chi connectivity index (χ2n) is 9.49. The molecular formula is C28H30FN3O2. The summed E-state index contributed by atoms with van der Waals surface area (Å²) in [4.78, 5) is 25.0. The van der Waals surface area contributed by atoms with Crippen LogP contribution in [0.1, 0.15) is 78.7 Å². The van der Waals surface area contributed by atoms with E-state index in [9.17, 15) is 9.18 Å². The first-order valence-electron chi connectivity index (χ1n) is 12.2. The fraction of sp³-hybridized carbons (Fsp3) is 0.393. The van der Waals surface area contributed by atoms with Gasteiger partial charge in [0.25, 0.3) is 0 Å². The van der Waals surface area contributed by atoms with E-state index < -0.39 is 0 Å². The number of pyridine rings is 1. The van der Waals surface area contributed by atoms with Gasteiger partial charge in [-0.15, -0.1) is 0 Å². The fourth-order valence-corrected chi connectivity index (χ4v) is 5.48. The van der Waals surface area contributed by atoms with Crippen LogP contribution < -0.4 is 0 Å². The summed E-state index contributed by atoms with van der Waals surface area (Å²) < 4.78 is 19.1. The summed E-state index contributed by atoms with van der Waals surface area (Å²) >= 11 is 0. The van der Waals surface area contributed by atoms with E-state index in [2.05, 4.69) is 23.0 Å². The highest BCUT2D eigenvalue weighted by Gasteiger charge is 2.29. The smallest absolute Gasteiger partial charge is 0.338 e. The van der Waals surface area contributed by atoms with Crippen LogP contribution in [0.4, 0.5) is 4.39 Å². The molecule has 1 N–H and O–H groups in total. The lowest BCUT2D eigenvalue weighted by molar-refractivity contribution is 0.0525. The molecule has 0 saturated heterocycles. The summed E-state index contributed by atoms with van der Waals surface area (Å²) in [5.74, 6) is 1.67. The quantitative estimate of drug-likeness (QED) is 0.333. The lowest BCUT2D eigenvalue weighted by atomic mass is 9.73. The molecule has 0 amide bonds. The lowest BCUT2D eigenvalue weighted by Gasteiger charge is -2.32. The number of nitrogens with zero attached hydrogens (tertiary/aromatic N) is 2. The van der Waals surface area contributed by atoms with Crippen LogP contribution in [0.15, 0.2) is 42.6 Å². The number of rotatable bonds is 5. The largest absolute Gasteiger partial charge is 0.462 e. The lowest BCUT2D eigenvalue weighted by Crippen LogP contribution is -2.19. The topological polar surface area (TPSA) is 67.9 Å². The van der Waals surface area contributed by atoms with Crippen molar-refractivity contribution in [3.8, 4) is 0 Å². The van der Waals surface area contributed by atoms with Crippen LogP contribution in [-0.4, -0.2) is 27.5 Å². The molecule has 6 heteroatoms. The van der Waals surface area contributed by atoms with E-state index in [1.807, 2.05) is 32.2 Å². The van der Waals surface area contributed by atoms with Gasteiger partial charge < -0.3 is 9.72 Å². The molecule has 5 rings (SSSR count). The number of hydrogen-bond acceptors (Lipinski definition) is 4. The summed E-state index contributed by atoms with van der Waals surface area (Å²) in [6, 6.07) is 10.7. The number of aromatic amines is 1. The van der Waals surface area contributed by atoms with Gasteiger partial charge in [0.1, 0.15) is 11.6 Å². The van der Waals surface area contributed by atoms with Crippen LogP contribution >= 0.6 is 0 Å². The second-order valence-corrected chi connectivity index (χ2v) is 9.49. The Morgan fingerprint density at radius 2 is 1.94 bits per heavy atom. The molecule has 2 aromatic carbocycles. The first-order valence-corrected chi connectivity index (χ1v) is 12.2. The standard InChI is InChI=1S/C28H30FN3O2/c1-4-34-28(33)22-15-26-25(13-16(22)2)31-27(32-26)17(3)18-5-7-19(8-6-18)21-11-12-30-24-10-9-20(29)14-23(21)24/h9-15,17-19H,4-8H2,1-3H3,(H,31,32)/t17-,18?,19?/m0/s1. The summed E-state index contributed by atoms with van der Waals surface area (Å²) in [6.45, 7) is 6.32. The SMILES string of the molecule is CCOC(=O)c1cc2nc([C@@H](C)C3CCC(c4ccnc5ccc(F)cc45)CC3)[nH]c2cc1C. The number of halogens is 1. The van der Waals surface area contributed by atoms with Crippen molar-refractivity contribution in [1.82, 2.24) is 15.0 Å². The molecule has 2 heterocycles. The maximum Gasteiger partial charge on any atom is 0.338 e. The highest BCUT2D eigenvalue weighted by molar-refractivity contribution is 5.95. The molecule has 1 atom stereocenters. The third-order valence-electron chi connectivity index (χ3n) is 7.43. The molecule has 5 nitrogen and oxygen atoms in total. The minimum absolute atomic E-state index is 0.213. The highest BCUT2D eigenvalue weighted by atomic mass is 19.1. The van der Waals surface area contributed by atoms with E-state index in [0.29, 0.717) is 24.0 Å². The molecule has 0 unspecified atom stereocenters. The third kappa shape index (κ3) is 4.17. The third-order valence-corrected chi connectivity index (χ3v) is 7.43. The van der Waals surface area contributed by atoms with E-state index in [0.717, 1.165) is 59.0 Å². The van der Waals surface area contributed by atoms with Gasteiger partial charge in [-0.2, -0.15) is 0 Å². The number of benzene rings is 2. The number of aryl methyl sites for hydroxylation is 1. The normalized spacial score (nSPS) is 19.4. The number of hydrogen-bond donors (Lipinski definition) is 1. The zero-order valence-corrected chi connectivity index (χ0v) is 19.9. The molecule has 2 aromatic heterocycles. The van der Waals surface area contributed by atoms with Crippen molar-refractivity contribution in [3.63, 3.8) is 0 Å². The monoisotopic (exact) mass is 459 g/mol. The Bertz CT molecular complexity index is 1350. The van der Waals surface area contributed by atoms with Crippen molar-refractivity contribution >= 4 is 27.9 Å². The summed E-state index contributed by atoms with van der Waals surface area (Å²) in [5, 5.41) is 0.934. The van der Waals surface area contributed by atoms with E-state index >= 15 is 0 Å². The Morgan fingerprint density at radius 1 is 1.15 bits per heavy atom. The predicted molar refractivity (Wildman–Crippen MR) is 132 cm³/mol. The van der Waals surface area contributed by atoms with Gasteiger partial charge in [0.2, 0.25) is 0 Å². The fourth-order valence-electron chi connectivity index (χ4n) is 5.48. The number of esters is 1. The molecule has 0 aliphatic heterocycles. The summed E-state index contributed by atoms with van der Waals surface area (Å²) in [7, 11) is 0. The van der Waals surface area contributed by atoms with Gasteiger partial charge >= 0.3 is 5.97 Å². The second kappa shape index (κ2) is 9.16. The zero-order chi connectivity index (χ0) is 23.8. The number of aromatic nitrogens is 3. The Hall–Kier alpha value is -3.28. The summed E-state index contributed by atoms with van der Waals surface area (Å²) in [6.07, 6.45) is 6.16. The summed E-state index contributed by atoms with van der Waals surface area (Å²) in [5.41, 5.74) is 5.27. The molecule has 176 valence electrons. The predicted octanol–water partition coefficient (Wildman–Crippen LogP) is 6.81. The Labute approximate surface area is 198 Å². The Morgan fingerprint density at radius 3 is 2.71 bits per heavy atom. The average Bonchev–Trinajstić information content (AvgIpc) is 3.25. The molecule has 0 bridgehead atoms. The molecule has 34 heavy (non-hydrogen) atoms.